The number of hydrogen-bond acceptors (Lipinski definition) is 3. The topological polar surface area (TPSA) is 51.2 Å². The van der Waals surface area contributed by atoms with Crippen molar-refractivity contribution in [1.29, 1.82) is 0 Å². The van der Waals surface area contributed by atoms with Gasteiger partial charge in [0.05, 0.1) is 6.04 Å². The summed E-state index contributed by atoms with van der Waals surface area (Å²) in [6.45, 7) is 1.99. The molecule has 4 nitrogen and oxygen atoms in total. The number of benzene rings is 1. The molecule has 0 bridgehead atoms. The second kappa shape index (κ2) is 7.81. The number of hydrogen-bond donors (Lipinski definition) is 1. The molecule has 1 heterocycles. The fourth-order valence-corrected chi connectivity index (χ4v) is 2.06. The van der Waals surface area contributed by atoms with Crippen LogP contribution in [0.5, 0.6) is 5.75 Å². The summed E-state index contributed by atoms with van der Waals surface area (Å²) in [5.74, 6) is -0.427. The third kappa shape index (κ3) is 5.91. The molecule has 128 valence electrons. The molecule has 0 radical (unpaired) electrons. The summed E-state index contributed by atoms with van der Waals surface area (Å²) in [4.78, 5) is 15.3. The van der Waals surface area contributed by atoms with Crippen molar-refractivity contribution in [2.24, 2.45) is 0 Å². The maximum Gasteiger partial charge on any atom is 0.397 e. The average molecular weight is 338 g/mol. The van der Waals surface area contributed by atoms with E-state index in [1.165, 1.54) is 0 Å². The number of halogens is 3. The van der Waals surface area contributed by atoms with E-state index >= 15 is 0 Å². The number of amides is 1. The molecule has 2 rings (SSSR count). The molecule has 1 atom stereocenters. The third-order valence-electron chi connectivity index (χ3n) is 3.25. The molecule has 24 heavy (non-hydrogen) atoms. The number of rotatable bonds is 6. The van der Waals surface area contributed by atoms with Gasteiger partial charge in [0, 0.05) is 18.0 Å². The highest BCUT2D eigenvalue weighted by molar-refractivity contribution is 5.77. The Morgan fingerprint density at radius 3 is 2.54 bits per heavy atom. The maximum atomic E-state index is 12.2. The van der Waals surface area contributed by atoms with E-state index < -0.39 is 24.5 Å². The molecule has 0 aliphatic carbocycles. The second-order valence-corrected chi connectivity index (χ2v) is 5.30. The average Bonchev–Trinajstić information content (AvgIpc) is 2.52. The summed E-state index contributed by atoms with van der Waals surface area (Å²) < 4.78 is 42.1. The number of ether oxygens (including phenoxy) is 1. The highest BCUT2D eigenvalue weighted by Gasteiger charge is 2.31. The van der Waals surface area contributed by atoms with Gasteiger partial charge in [-0.3, -0.25) is 9.78 Å². The Morgan fingerprint density at radius 2 is 1.96 bits per heavy atom. The highest BCUT2D eigenvalue weighted by Crippen LogP contribution is 2.21. The first-order valence-corrected chi connectivity index (χ1v) is 7.31. The number of pyridine rings is 1. The third-order valence-corrected chi connectivity index (χ3v) is 3.25. The Balaban J connectivity index is 1.88. The Labute approximate surface area is 137 Å². The molecule has 0 saturated heterocycles. The van der Waals surface area contributed by atoms with Crippen molar-refractivity contribution in [3.63, 3.8) is 0 Å². The lowest BCUT2D eigenvalue weighted by atomic mass is 10.1. The highest BCUT2D eigenvalue weighted by atomic mass is 19.4. The summed E-state index contributed by atoms with van der Waals surface area (Å²) in [6, 6.07) is 10.0. The lowest BCUT2D eigenvalue weighted by molar-refractivity contribution is -0.154. The summed E-state index contributed by atoms with van der Waals surface area (Å²) in [5.41, 5.74) is 1.62. The van der Waals surface area contributed by atoms with E-state index in [-0.39, 0.29) is 0 Å². The van der Waals surface area contributed by atoms with Crippen LogP contribution >= 0.6 is 0 Å². The fourth-order valence-electron chi connectivity index (χ4n) is 2.06. The van der Waals surface area contributed by atoms with Crippen LogP contribution in [0.1, 0.15) is 30.5 Å². The number of alkyl halides is 3. The quantitative estimate of drug-likeness (QED) is 0.872. The molecule has 0 fully saturated rings. The summed E-state index contributed by atoms with van der Waals surface area (Å²) in [5, 5.41) is 2.32. The zero-order chi connectivity index (χ0) is 17.6. The molecule has 1 aromatic heterocycles. The van der Waals surface area contributed by atoms with Crippen LogP contribution in [0.25, 0.3) is 0 Å². The number of carbonyl (C=O) groups is 1. The maximum absolute atomic E-state index is 12.2. The van der Waals surface area contributed by atoms with Gasteiger partial charge in [-0.2, -0.15) is 13.2 Å². The van der Waals surface area contributed by atoms with Crippen LogP contribution in [0.2, 0.25) is 0 Å². The summed E-state index contributed by atoms with van der Waals surface area (Å²) >= 11 is 0. The zero-order valence-corrected chi connectivity index (χ0v) is 13.0. The van der Waals surface area contributed by atoms with Crippen molar-refractivity contribution in [2.45, 2.75) is 32.2 Å². The van der Waals surface area contributed by atoms with E-state index in [0.29, 0.717) is 17.9 Å². The first kappa shape index (κ1) is 17.8. The zero-order valence-electron chi connectivity index (χ0n) is 13.0. The molecular formula is C17H17F3N2O2. The predicted molar refractivity (Wildman–Crippen MR) is 82.2 cm³/mol. The van der Waals surface area contributed by atoms with Crippen molar-refractivity contribution in [2.75, 3.05) is 0 Å². The summed E-state index contributed by atoms with van der Waals surface area (Å²) in [7, 11) is 0. The molecule has 1 N–H and O–H groups in total. The minimum absolute atomic E-state index is 0.366. The standard InChI is InChI=1S/C17H17F3N2O2/c1-12(22-16(23)9-17(18,19)20)14-4-6-15(7-5-14)24-11-13-3-2-8-21-10-13/h2-8,10,12H,9,11H2,1H3,(H,22,23). The largest absolute Gasteiger partial charge is 0.489 e. The van der Waals surface area contributed by atoms with E-state index in [2.05, 4.69) is 10.3 Å². The van der Waals surface area contributed by atoms with E-state index in [0.717, 1.165) is 5.56 Å². The van der Waals surface area contributed by atoms with Gasteiger partial charge in [-0.05, 0) is 30.7 Å². The molecule has 2 aromatic rings. The van der Waals surface area contributed by atoms with E-state index in [1.807, 2.05) is 12.1 Å². The van der Waals surface area contributed by atoms with Crippen molar-refractivity contribution >= 4 is 5.91 Å². The molecule has 0 spiro atoms. The second-order valence-electron chi connectivity index (χ2n) is 5.30. The molecule has 1 unspecified atom stereocenters. The molecule has 0 saturated carbocycles. The van der Waals surface area contributed by atoms with Crippen molar-refractivity contribution in [1.82, 2.24) is 10.3 Å². The van der Waals surface area contributed by atoms with Crippen molar-refractivity contribution in [3.8, 4) is 5.75 Å². The van der Waals surface area contributed by atoms with Gasteiger partial charge in [0.2, 0.25) is 5.91 Å². The van der Waals surface area contributed by atoms with E-state index in [4.69, 9.17) is 4.74 Å². The van der Waals surface area contributed by atoms with Crippen LogP contribution in [-0.2, 0) is 11.4 Å². The Morgan fingerprint density at radius 1 is 1.25 bits per heavy atom. The van der Waals surface area contributed by atoms with Crippen LogP contribution in [0, 0.1) is 0 Å². The Kier molecular flexibility index (Phi) is 5.78. The van der Waals surface area contributed by atoms with Crippen molar-refractivity contribution in [3.05, 3.63) is 59.9 Å². The lowest BCUT2D eigenvalue weighted by Crippen LogP contribution is -2.30. The minimum atomic E-state index is -4.51. The van der Waals surface area contributed by atoms with Gasteiger partial charge in [-0.1, -0.05) is 18.2 Å². The van der Waals surface area contributed by atoms with E-state index in [1.54, 1.807) is 43.6 Å². The normalized spacial score (nSPS) is 12.5. The van der Waals surface area contributed by atoms with Gasteiger partial charge in [0.1, 0.15) is 18.8 Å². The molecule has 0 aliphatic heterocycles. The van der Waals surface area contributed by atoms with Crippen LogP contribution in [0.4, 0.5) is 13.2 Å². The molecule has 1 amide bonds. The minimum Gasteiger partial charge on any atom is -0.489 e. The Bertz CT molecular complexity index is 658. The number of aromatic nitrogens is 1. The lowest BCUT2D eigenvalue weighted by Gasteiger charge is -2.16. The van der Waals surface area contributed by atoms with Gasteiger partial charge in [-0.15, -0.1) is 0 Å². The predicted octanol–water partition coefficient (Wildman–Crippen LogP) is 3.79. The van der Waals surface area contributed by atoms with Crippen LogP contribution < -0.4 is 10.1 Å². The van der Waals surface area contributed by atoms with Crippen LogP contribution in [0.3, 0.4) is 0 Å². The number of carbonyl (C=O) groups excluding carboxylic acids is 1. The number of nitrogens with zero attached hydrogens (tertiary/aromatic N) is 1. The van der Waals surface area contributed by atoms with Gasteiger partial charge in [0.25, 0.3) is 0 Å². The SMILES string of the molecule is CC(NC(=O)CC(F)(F)F)c1ccc(OCc2cccnc2)cc1. The van der Waals surface area contributed by atoms with Gasteiger partial charge in [0.15, 0.2) is 0 Å². The first-order chi connectivity index (χ1) is 11.3. The van der Waals surface area contributed by atoms with Crippen molar-refractivity contribution < 1.29 is 22.7 Å². The van der Waals surface area contributed by atoms with Crippen LogP contribution in [0.15, 0.2) is 48.8 Å². The first-order valence-electron chi connectivity index (χ1n) is 7.31. The Hall–Kier alpha value is -2.57. The van der Waals surface area contributed by atoms with Gasteiger partial charge < -0.3 is 10.1 Å². The monoisotopic (exact) mass is 338 g/mol. The molecule has 1 aromatic carbocycles. The van der Waals surface area contributed by atoms with E-state index in [9.17, 15) is 18.0 Å². The smallest absolute Gasteiger partial charge is 0.397 e. The number of nitrogens with one attached hydrogen (secondary N) is 1. The molecule has 0 aliphatic rings. The van der Waals surface area contributed by atoms with Crippen LogP contribution in [-0.4, -0.2) is 17.1 Å². The fraction of sp³-hybridized carbons (Fsp3) is 0.294. The summed E-state index contributed by atoms with van der Waals surface area (Å²) in [6.07, 6.45) is -2.61. The molecule has 7 heteroatoms. The van der Waals surface area contributed by atoms with Gasteiger partial charge in [-0.25, -0.2) is 0 Å². The van der Waals surface area contributed by atoms with Gasteiger partial charge >= 0.3 is 6.18 Å². The molecular weight excluding hydrogens is 321 g/mol.